The summed E-state index contributed by atoms with van der Waals surface area (Å²) in [6.07, 6.45) is 6.32. The van der Waals surface area contributed by atoms with E-state index in [2.05, 4.69) is 13.8 Å². The van der Waals surface area contributed by atoms with Crippen LogP contribution in [0.2, 0.25) is 0 Å². The molecule has 0 spiro atoms. The first-order valence-corrected chi connectivity index (χ1v) is 8.32. The van der Waals surface area contributed by atoms with E-state index in [1.807, 2.05) is 0 Å². The first-order chi connectivity index (χ1) is 9.09. The standard InChI is InChI=1S/C17H26O2/c1-8-9(2)12-6-5-11(8)15-10-3-4-13(16(12)15)14(7-10)17(18)19/h8-16H,3-7H2,1-2H3,(H,18,19). The van der Waals surface area contributed by atoms with Gasteiger partial charge in [-0.1, -0.05) is 13.8 Å². The Morgan fingerprint density at radius 1 is 0.895 bits per heavy atom. The van der Waals surface area contributed by atoms with Gasteiger partial charge in [0.15, 0.2) is 0 Å². The van der Waals surface area contributed by atoms with E-state index in [0.717, 1.165) is 47.8 Å². The van der Waals surface area contributed by atoms with Crippen molar-refractivity contribution in [1.29, 1.82) is 0 Å². The van der Waals surface area contributed by atoms with Gasteiger partial charge in [0.2, 0.25) is 0 Å². The zero-order chi connectivity index (χ0) is 13.3. The predicted molar refractivity (Wildman–Crippen MR) is 73.5 cm³/mol. The molecule has 6 fully saturated rings. The molecule has 2 nitrogen and oxygen atoms in total. The van der Waals surface area contributed by atoms with E-state index in [0.29, 0.717) is 5.92 Å². The molecule has 9 unspecified atom stereocenters. The van der Waals surface area contributed by atoms with Crippen LogP contribution < -0.4 is 0 Å². The molecule has 0 aromatic heterocycles. The Balaban J connectivity index is 1.72. The first kappa shape index (κ1) is 12.2. The summed E-state index contributed by atoms with van der Waals surface area (Å²) in [5, 5.41) is 9.54. The Labute approximate surface area is 116 Å². The molecule has 0 saturated heterocycles. The van der Waals surface area contributed by atoms with E-state index in [-0.39, 0.29) is 5.92 Å². The quantitative estimate of drug-likeness (QED) is 0.783. The fraction of sp³-hybridized carbons (Fsp3) is 0.941. The van der Waals surface area contributed by atoms with Crippen LogP contribution in [-0.2, 0) is 4.79 Å². The summed E-state index contributed by atoms with van der Waals surface area (Å²) < 4.78 is 0. The van der Waals surface area contributed by atoms with Crippen molar-refractivity contribution in [3.05, 3.63) is 0 Å². The van der Waals surface area contributed by atoms with E-state index in [4.69, 9.17) is 0 Å². The third-order valence-corrected chi connectivity index (χ3v) is 7.75. The second kappa shape index (κ2) is 3.99. The second-order valence-electron chi connectivity index (χ2n) is 7.96. The Morgan fingerprint density at radius 2 is 1.47 bits per heavy atom. The summed E-state index contributed by atoms with van der Waals surface area (Å²) in [6, 6.07) is 0. The van der Waals surface area contributed by atoms with Gasteiger partial charge in [0.1, 0.15) is 0 Å². The highest BCUT2D eigenvalue weighted by Gasteiger charge is 2.61. The van der Waals surface area contributed by atoms with Gasteiger partial charge in [-0.2, -0.15) is 0 Å². The molecule has 0 aromatic rings. The molecular formula is C17H26O2. The summed E-state index contributed by atoms with van der Waals surface area (Å²) in [6.45, 7) is 4.91. The average Bonchev–Trinajstić information content (AvgIpc) is 2.43. The van der Waals surface area contributed by atoms with Crippen LogP contribution in [0.4, 0.5) is 0 Å². The number of hydrogen-bond donors (Lipinski definition) is 1. The molecule has 0 aromatic carbocycles. The van der Waals surface area contributed by atoms with Gasteiger partial charge in [0.05, 0.1) is 5.92 Å². The highest BCUT2D eigenvalue weighted by Crippen LogP contribution is 2.66. The van der Waals surface area contributed by atoms with Crippen molar-refractivity contribution < 1.29 is 9.90 Å². The fourth-order valence-corrected chi connectivity index (χ4v) is 6.93. The molecule has 0 radical (unpaired) electrons. The van der Waals surface area contributed by atoms with Gasteiger partial charge < -0.3 is 5.11 Å². The molecule has 106 valence electrons. The molecule has 6 aliphatic carbocycles. The average molecular weight is 262 g/mol. The van der Waals surface area contributed by atoms with E-state index >= 15 is 0 Å². The lowest BCUT2D eigenvalue weighted by atomic mass is 9.39. The van der Waals surface area contributed by atoms with Gasteiger partial charge in [0, 0.05) is 0 Å². The van der Waals surface area contributed by atoms with Crippen molar-refractivity contribution >= 4 is 5.97 Å². The summed E-state index contributed by atoms with van der Waals surface area (Å²) in [5.74, 6) is 5.83. The summed E-state index contributed by atoms with van der Waals surface area (Å²) >= 11 is 0. The van der Waals surface area contributed by atoms with Crippen molar-refractivity contribution in [2.24, 2.45) is 53.3 Å². The normalized spacial score (nSPS) is 58.9. The number of hydrogen-bond acceptors (Lipinski definition) is 1. The van der Waals surface area contributed by atoms with Crippen molar-refractivity contribution in [2.75, 3.05) is 0 Å². The van der Waals surface area contributed by atoms with Crippen LogP contribution in [0.25, 0.3) is 0 Å². The topological polar surface area (TPSA) is 37.3 Å². The molecule has 19 heavy (non-hydrogen) atoms. The molecule has 4 bridgehead atoms. The Hall–Kier alpha value is -0.530. The number of aliphatic carboxylic acids is 1. The lowest BCUT2D eigenvalue weighted by Gasteiger charge is -2.65. The van der Waals surface area contributed by atoms with E-state index in [9.17, 15) is 9.90 Å². The maximum atomic E-state index is 11.6. The van der Waals surface area contributed by atoms with E-state index < -0.39 is 5.97 Å². The van der Waals surface area contributed by atoms with Gasteiger partial charge in [-0.15, -0.1) is 0 Å². The van der Waals surface area contributed by atoms with Crippen LogP contribution in [0.15, 0.2) is 0 Å². The number of carboxylic acid groups (broad SMARTS) is 1. The Bertz CT molecular complexity index is 404. The van der Waals surface area contributed by atoms with Gasteiger partial charge in [0.25, 0.3) is 0 Å². The maximum Gasteiger partial charge on any atom is 0.306 e. The smallest absolute Gasteiger partial charge is 0.306 e. The Kier molecular flexibility index (Phi) is 2.57. The number of carbonyl (C=O) groups is 1. The molecule has 0 aliphatic heterocycles. The molecule has 0 heterocycles. The summed E-state index contributed by atoms with van der Waals surface area (Å²) in [7, 11) is 0. The van der Waals surface area contributed by atoms with E-state index in [1.54, 1.807) is 0 Å². The molecule has 2 heteroatoms. The highest BCUT2D eigenvalue weighted by atomic mass is 16.4. The van der Waals surface area contributed by atoms with Gasteiger partial charge in [-0.25, -0.2) is 0 Å². The molecule has 1 N–H and O–H groups in total. The Morgan fingerprint density at radius 3 is 2.11 bits per heavy atom. The third-order valence-electron chi connectivity index (χ3n) is 7.75. The minimum Gasteiger partial charge on any atom is -0.481 e. The fourth-order valence-electron chi connectivity index (χ4n) is 6.93. The number of rotatable bonds is 1. The van der Waals surface area contributed by atoms with Crippen LogP contribution in [0.3, 0.4) is 0 Å². The SMILES string of the molecule is CC1C(C)C2CCC1C1C3CCC(C(C(=O)O)C3)C21. The zero-order valence-electron chi connectivity index (χ0n) is 12.1. The molecule has 6 aliphatic rings. The molecular weight excluding hydrogens is 236 g/mol. The number of fused-ring (bicyclic) bond motifs is 4. The highest BCUT2D eigenvalue weighted by molar-refractivity contribution is 5.70. The van der Waals surface area contributed by atoms with Crippen LogP contribution in [0, 0.1) is 53.3 Å². The van der Waals surface area contributed by atoms with Crippen LogP contribution >= 0.6 is 0 Å². The second-order valence-corrected chi connectivity index (χ2v) is 7.96. The van der Waals surface area contributed by atoms with Crippen LogP contribution in [0.1, 0.15) is 46.0 Å². The zero-order valence-corrected chi connectivity index (χ0v) is 12.1. The lowest BCUT2D eigenvalue weighted by Crippen LogP contribution is -2.60. The number of carboxylic acids is 1. The molecule has 6 saturated carbocycles. The minimum atomic E-state index is -0.504. The maximum absolute atomic E-state index is 11.6. The van der Waals surface area contributed by atoms with Crippen LogP contribution in [0.5, 0.6) is 0 Å². The van der Waals surface area contributed by atoms with Gasteiger partial charge >= 0.3 is 5.97 Å². The van der Waals surface area contributed by atoms with Crippen molar-refractivity contribution in [2.45, 2.75) is 46.0 Å². The first-order valence-electron chi connectivity index (χ1n) is 8.32. The van der Waals surface area contributed by atoms with Crippen LogP contribution in [-0.4, -0.2) is 11.1 Å². The lowest BCUT2D eigenvalue weighted by molar-refractivity contribution is -0.185. The van der Waals surface area contributed by atoms with Gasteiger partial charge in [-0.3, -0.25) is 4.79 Å². The summed E-state index contributed by atoms with van der Waals surface area (Å²) in [5.41, 5.74) is 0. The van der Waals surface area contributed by atoms with Gasteiger partial charge in [-0.05, 0) is 79.4 Å². The van der Waals surface area contributed by atoms with Crippen molar-refractivity contribution in [1.82, 2.24) is 0 Å². The largest absolute Gasteiger partial charge is 0.481 e. The molecule has 6 rings (SSSR count). The molecule has 0 amide bonds. The summed E-state index contributed by atoms with van der Waals surface area (Å²) in [4.78, 5) is 11.6. The molecule has 9 atom stereocenters. The predicted octanol–water partition coefficient (Wildman–Crippen LogP) is 3.66. The van der Waals surface area contributed by atoms with E-state index in [1.165, 1.54) is 25.7 Å². The van der Waals surface area contributed by atoms with Crippen molar-refractivity contribution in [3.63, 3.8) is 0 Å². The van der Waals surface area contributed by atoms with Crippen molar-refractivity contribution in [3.8, 4) is 0 Å². The minimum absolute atomic E-state index is 0.0122. The monoisotopic (exact) mass is 262 g/mol. The third kappa shape index (κ3) is 1.46.